The summed E-state index contributed by atoms with van der Waals surface area (Å²) in [6.45, 7) is -0.676. The number of rotatable bonds is 6. The van der Waals surface area contributed by atoms with E-state index in [0.29, 0.717) is 0 Å². The standard InChI is InChI=1S/C23H24O13/c1-32-12-3-8(4-13(33-2)16(12)26)22-20(30)18(28)15-10(25)5-9(6-11(15)35-22)34-23-21(31)19(29)17(27)14(7-24)36-23/h3-6,14,17,19,21,23-27,29-31H,7H2,1-2H3. The van der Waals surface area contributed by atoms with Crippen LogP contribution in [0.25, 0.3) is 22.3 Å². The lowest BCUT2D eigenvalue weighted by Gasteiger charge is -2.39. The predicted octanol–water partition coefficient (Wildman–Crippen LogP) is -0.227. The van der Waals surface area contributed by atoms with Crippen molar-refractivity contribution >= 4 is 11.0 Å². The van der Waals surface area contributed by atoms with Crippen molar-refractivity contribution in [3.05, 3.63) is 34.5 Å². The highest BCUT2D eigenvalue weighted by Crippen LogP contribution is 2.43. The van der Waals surface area contributed by atoms with E-state index in [-0.39, 0.29) is 45.3 Å². The van der Waals surface area contributed by atoms with Gasteiger partial charge in [-0.05, 0) is 12.1 Å². The Kier molecular flexibility index (Phi) is 6.84. The van der Waals surface area contributed by atoms with Crippen LogP contribution in [0.15, 0.2) is 33.5 Å². The van der Waals surface area contributed by atoms with E-state index in [0.717, 1.165) is 12.1 Å². The number of aliphatic hydroxyl groups is 4. The molecular weight excluding hydrogens is 484 g/mol. The van der Waals surface area contributed by atoms with E-state index in [1.54, 1.807) is 0 Å². The van der Waals surface area contributed by atoms with E-state index in [4.69, 9.17) is 23.4 Å². The molecule has 4 rings (SSSR count). The van der Waals surface area contributed by atoms with Gasteiger partial charge >= 0.3 is 0 Å². The number of fused-ring (bicyclic) bond motifs is 1. The SMILES string of the molecule is COc1cc(-c2oc3cc(OC4OC(CO)C(O)C(O)C4O)cc(O)c3c(=O)c2O)cc(OC)c1O. The molecule has 1 aromatic heterocycles. The summed E-state index contributed by atoms with van der Waals surface area (Å²) in [6, 6.07) is 4.73. The van der Waals surface area contributed by atoms with Gasteiger partial charge in [-0.25, -0.2) is 0 Å². The molecule has 0 bridgehead atoms. The molecule has 0 aliphatic carbocycles. The topological polar surface area (TPSA) is 209 Å². The molecule has 0 amide bonds. The van der Waals surface area contributed by atoms with Gasteiger partial charge < -0.3 is 59.1 Å². The first-order valence-electron chi connectivity index (χ1n) is 10.6. The third kappa shape index (κ3) is 4.23. The highest BCUT2D eigenvalue weighted by Gasteiger charge is 2.44. The van der Waals surface area contributed by atoms with E-state index in [1.165, 1.54) is 26.4 Å². The van der Waals surface area contributed by atoms with E-state index in [2.05, 4.69) is 0 Å². The third-order valence-corrected chi connectivity index (χ3v) is 5.77. The molecule has 0 saturated carbocycles. The zero-order valence-corrected chi connectivity index (χ0v) is 19.0. The maximum absolute atomic E-state index is 12.9. The van der Waals surface area contributed by atoms with Crippen LogP contribution in [-0.4, -0.2) is 87.3 Å². The van der Waals surface area contributed by atoms with Gasteiger partial charge in [0.2, 0.25) is 23.2 Å². The average Bonchev–Trinajstić information content (AvgIpc) is 2.86. The van der Waals surface area contributed by atoms with Crippen molar-refractivity contribution in [2.75, 3.05) is 20.8 Å². The van der Waals surface area contributed by atoms with Gasteiger partial charge in [0.1, 0.15) is 46.9 Å². The number of aromatic hydroxyl groups is 3. The number of phenolic OH excluding ortho intramolecular Hbond substituents is 2. The van der Waals surface area contributed by atoms with Crippen molar-refractivity contribution in [2.24, 2.45) is 0 Å². The molecule has 1 fully saturated rings. The quantitative estimate of drug-likeness (QED) is 0.230. The van der Waals surface area contributed by atoms with Gasteiger partial charge in [-0.1, -0.05) is 0 Å². The van der Waals surface area contributed by atoms with Crippen molar-refractivity contribution < 1.29 is 59.1 Å². The summed E-state index contributed by atoms with van der Waals surface area (Å²) in [7, 11) is 2.57. The number of aliphatic hydroxyl groups excluding tert-OH is 4. The Balaban J connectivity index is 1.80. The maximum Gasteiger partial charge on any atom is 0.238 e. The minimum absolute atomic E-state index is 0.0333. The van der Waals surface area contributed by atoms with Crippen LogP contribution < -0.4 is 19.6 Å². The second kappa shape index (κ2) is 9.72. The van der Waals surface area contributed by atoms with Crippen LogP contribution >= 0.6 is 0 Å². The number of hydrogen-bond acceptors (Lipinski definition) is 13. The highest BCUT2D eigenvalue weighted by molar-refractivity contribution is 5.88. The summed E-state index contributed by atoms with van der Waals surface area (Å²) in [5.74, 6) is -2.38. The first kappa shape index (κ1) is 25.3. The molecule has 0 radical (unpaired) electrons. The summed E-state index contributed by atoms with van der Waals surface area (Å²) in [5.41, 5.74) is -1.12. The molecule has 3 aromatic rings. The lowest BCUT2D eigenvalue weighted by atomic mass is 9.99. The van der Waals surface area contributed by atoms with Gasteiger partial charge in [0.15, 0.2) is 17.3 Å². The first-order chi connectivity index (χ1) is 17.1. The minimum atomic E-state index is -1.72. The number of hydrogen-bond donors (Lipinski definition) is 7. The molecule has 1 aliphatic heterocycles. The monoisotopic (exact) mass is 508 g/mol. The second-order valence-electron chi connectivity index (χ2n) is 7.97. The Labute approximate surface area is 202 Å². The summed E-state index contributed by atoms with van der Waals surface area (Å²) >= 11 is 0. The van der Waals surface area contributed by atoms with Gasteiger partial charge in [0, 0.05) is 17.7 Å². The summed E-state index contributed by atoms with van der Waals surface area (Å²) in [5, 5.41) is 70.2. The molecular formula is C23H24O13. The summed E-state index contributed by atoms with van der Waals surface area (Å²) in [6.07, 6.45) is -7.82. The minimum Gasteiger partial charge on any atom is -0.507 e. The molecule has 194 valence electrons. The Morgan fingerprint density at radius 3 is 2.11 bits per heavy atom. The number of phenols is 2. The molecule has 7 N–H and O–H groups in total. The third-order valence-electron chi connectivity index (χ3n) is 5.77. The van der Waals surface area contributed by atoms with E-state index in [1.807, 2.05) is 0 Å². The molecule has 2 heterocycles. The van der Waals surface area contributed by atoms with Gasteiger partial charge in [0.05, 0.1) is 20.8 Å². The fourth-order valence-corrected chi connectivity index (χ4v) is 3.85. The van der Waals surface area contributed by atoms with Crippen molar-refractivity contribution in [3.63, 3.8) is 0 Å². The van der Waals surface area contributed by atoms with Crippen LogP contribution in [-0.2, 0) is 4.74 Å². The molecule has 13 nitrogen and oxygen atoms in total. The van der Waals surface area contributed by atoms with Gasteiger partial charge in [-0.2, -0.15) is 0 Å². The van der Waals surface area contributed by atoms with Crippen LogP contribution in [0.2, 0.25) is 0 Å². The first-order valence-corrected chi connectivity index (χ1v) is 10.6. The number of ether oxygens (including phenoxy) is 4. The fourth-order valence-electron chi connectivity index (χ4n) is 3.85. The maximum atomic E-state index is 12.9. The molecule has 13 heteroatoms. The van der Waals surface area contributed by atoms with Crippen molar-refractivity contribution in [1.29, 1.82) is 0 Å². The Morgan fingerprint density at radius 2 is 1.53 bits per heavy atom. The molecule has 5 atom stereocenters. The molecule has 2 aromatic carbocycles. The number of benzene rings is 2. The second-order valence-corrected chi connectivity index (χ2v) is 7.97. The van der Waals surface area contributed by atoms with E-state index in [9.17, 15) is 40.5 Å². The Morgan fingerprint density at radius 1 is 0.889 bits per heavy atom. The highest BCUT2D eigenvalue weighted by atomic mass is 16.7. The Bertz CT molecular complexity index is 1310. The molecule has 36 heavy (non-hydrogen) atoms. The van der Waals surface area contributed by atoms with Crippen LogP contribution in [0, 0.1) is 0 Å². The number of methoxy groups -OCH3 is 2. The molecule has 1 aliphatic rings. The summed E-state index contributed by atoms with van der Waals surface area (Å²) in [4.78, 5) is 12.9. The van der Waals surface area contributed by atoms with Gasteiger partial charge in [-0.15, -0.1) is 0 Å². The van der Waals surface area contributed by atoms with Gasteiger partial charge in [0.25, 0.3) is 0 Å². The summed E-state index contributed by atoms with van der Waals surface area (Å²) < 4.78 is 26.7. The van der Waals surface area contributed by atoms with E-state index >= 15 is 0 Å². The Hall–Kier alpha value is -3.75. The van der Waals surface area contributed by atoms with Crippen LogP contribution in [0.1, 0.15) is 0 Å². The van der Waals surface area contributed by atoms with Crippen LogP contribution in [0.3, 0.4) is 0 Å². The zero-order chi connectivity index (χ0) is 26.3. The average molecular weight is 508 g/mol. The normalized spacial score (nSPS) is 24.0. The van der Waals surface area contributed by atoms with Crippen LogP contribution in [0.4, 0.5) is 0 Å². The van der Waals surface area contributed by atoms with Crippen molar-refractivity contribution in [1.82, 2.24) is 0 Å². The zero-order valence-electron chi connectivity index (χ0n) is 19.0. The van der Waals surface area contributed by atoms with Crippen molar-refractivity contribution in [2.45, 2.75) is 30.7 Å². The van der Waals surface area contributed by atoms with Crippen molar-refractivity contribution in [3.8, 4) is 45.8 Å². The molecule has 1 saturated heterocycles. The molecule has 5 unspecified atom stereocenters. The van der Waals surface area contributed by atoms with E-state index < -0.39 is 54.2 Å². The lowest BCUT2D eigenvalue weighted by Crippen LogP contribution is -2.60. The smallest absolute Gasteiger partial charge is 0.238 e. The van der Waals surface area contributed by atoms with Gasteiger partial charge in [-0.3, -0.25) is 4.79 Å². The fraction of sp³-hybridized carbons (Fsp3) is 0.348. The van der Waals surface area contributed by atoms with Crippen LogP contribution in [0.5, 0.6) is 34.5 Å². The molecule has 0 spiro atoms. The largest absolute Gasteiger partial charge is 0.507 e. The lowest BCUT2D eigenvalue weighted by molar-refractivity contribution is -0.277. The predicted molar refractivity (Wildman–Crippen MR) is 120 cm³/mol.